The Morgan fingerprint density at radius 1 is 1.40 bits per heavy atom. The molecule has 2 rings (SSSR count). The van der Waals surface area contributed by atoms with Gasteiger partial charge in [-0.3, -0.25) is 0 Å². The van der Waals surface area contributed by atoms with Crippen LogP contribution in [0.15, 0.2) is 12.5 Å². The van der Waals surface area contributed by atoms with Crippen LogP contribution in [-0.2, 0) is 0 Å². The molecule has 1 aromatic heterocycles. The minimum Gasteiger partial charge on any atom is -0.348 e. The molecule has 0 aromatic carbocycles. The molecule has 0 aliphatic carbocycles. The van der Waals surface area contributed by atoms with Crippen molar-refractivity contribution in [3.63, 3.8) is 0 Å². The van der Waals surface area contributed by atoms with Crippen molar-refractivity contribution >= 4 is 0 Å². The molecule has 1 atom stereocenters. The third-order valence-corrected chi connectivity index (χ3v) is 3.38. The number of rotatable bonds is 4. The van der Waals surface area contributed by atoms with Gasteiger partial charge in [0.05, 0.1) is 6.33 Å². The van der Waals surface area contributed by atoms with Crippen LogP contribution in [0, 0.1) is 0 Å². The number of likely N-dealkylation sites (tertiary alicyclic amines) is 1. The number of nitrogens with zero attached hydrogens (tertiary/aromatic N) is 2. The number of hydrogen-bond donors (Lipinski definition) is 1. The lowest BCUT2D eigenvalue weighted by Gasteiger charge is -2.27. The highest BCUT2D eigenvalue weighted by Crippen LogP contribution is 2.17. The molecule has 15 heavy (non-hydrogen) atoms. The molecule has 3 heteroatoms. The van der Waals surface area contributed by atoms with Gasteiger partial charge in [0, 0.05) is 11.9 Å². The van der Waals surface area contributed by atoms with E-state index >= 15 is 0 Å². The summed E-state index contributed by atoms with van der Waals surface area (Å²) in [5, 5.41) is 0. The molecule has 1 aromatic rings. The van der Waals surface area contributed by atoms with Crippen LogP contribution in [0.4, 0.5) is 0 Å². The van der Waals surface area contributed by atoms with E-state index in [1.165, 1.54) is 51.0 Å². The predicted molar refractivity (Wildman–Crippen MR) is 61.9 cm³/mol. The van der Waals surface area contributed by atoms with E-state index in [4.69, 9.17) is 0 Å². The molecular weight excluding hydrogens is 186 g/mol. The summed E-state index contributed by atoms with van der Waals surface area (Å²) >= 11 is 0. The normalized spacial score (nSPS) is 20.3. The van der Waals surface area contributed by atoms with Crippen molar-refractivity contribution in [2.45, 2.75) is 38.5 Å². The molecule has 1 unspecified atom stereocenters. The molecule has 0 spiro atoms. The Labute approximate surface area is 91.9 Å². The SMILES string of the molecule is CC(CCN1CCCCC1)c1cnc[nH]1. The smallest absolute Gasteiger partial charge is 0.0921 e. The summed E-state index contributed by atoms with van der Waals surface area (Å²) in [5.41, 5.74) is 1.27. The maximum absolute atomic E-state index is 4.07. The van der Waals surface area contributed by atoms with Gasteiger partial charge < -0.3 is 9.88 Å². The molecule has 1 aliphatic heterocycles. The fraction of sp³-hybridized carbons (Fsp3) is 0.750. The molecular formula is C12H21N3. The Kier molecular flexibility index (Phi) is 3.78. The van der Waals surface area contributed by atoms with Crippen LogP contribution in [0.3, 0.4) is 0 Å². The van der Waals surface area contributed by atoms with E-state index in [1.807, 2.05) is 6.20 Å². The molecule has 84 valence electrons. The average molecular weight is 207 g/mol. The summed E-state index contributed by atoms with van der Waals surface area (Å²) in [6, 6.07) is 0. The van der Waals surface area contributed by atoms with Gasteiger partial charge in [0.25, 0.3) is 0 Å². The first-order valence-electron chi connectivity index (χ1n) is 6.07. The van der Waals surface area contributed by atoms with Crippen LogP contribution in [0.2, 0.25) is 0 Å². The van der Waals surface area contributed by atoms with Gasteiger partial charge in [-0.15, -0.1) is 0 Å². The lowest BCUT2D eigenvalue weighted by molar-refractivity contribution is 0.222. The lowest BCUT2D eigenvalue weighted by Crippen LogP contribution is -2.31. The van der Waals surface area contributed by atoms with Gasteiger partial charge in [-0.2, -0.15) is 0 Å². The summed E-state index contributed by atoms with van der Waals surface area (Å²) < 4.78 is 0. The zero-order valence-corrected chi connectivity index (χ0v) is 9.58. The van der Waals surface area contributed by atoms with Crippen LogP contribution >= 0.6 is 0 Å². The Bertz CT molecular complexity index is 262. The highest BCUT2D eigenvalue weighted by Gasteiger charge is 2.12. The minimum absolute atomic E-state index is 0.606. The minimum atomic E-state index is 0.606. The molecule has 0 bridgehead atoms. The van der Waals surface area contributed by atoms with Gasteiger partial charge in [0.1, 0.15) is 0 Å². The topological polar surface area (TPSA) is 31.9 Å². The Morgan fingerprint density at radius 3 is 2.87 bits per heavy atom. The van der Waals surface area contributed by atoms with Gasteiger partial charge in [0.2, 0.25) is 0 Å². The van der Waals surface area contributed by atoms with Crippen molar-refractivity contribution < 1.29 is 0 Å². The monoisotopic (exact) mass is 207 g/mol. The first kappa shape index (κ1) is 10.7. The zero-order chi connectivity index (χ0) is 10.5. The molecule has 0 saturated carbocycles. The maximum atomic E-state index is 4.07. The molecule has 1 N–H and O–H groups in total. The number of aromatic nitrogens is 2. The standard InChI is InChI=1S/C12H21N3/c1-11(12-9-13-10-14-12)5-8-15-6-3-2-4-7-15/h9-11H,2-8H2,1H3,(H,13,14). The fourth-order valence-corrected chi connectivity index (χ4v) is 2.25. The van der Waals surface area contributed by atoms with Crippen molar-refractivity contribution in [1.82, 2.24) is 14.9 Å². The molecule has 1 saturated heterocycles. The van der Waals surface area contributed by atoms with Crippen molar-refractivity contribution in [3.05, 3.63) is 18.2 Å². The second-order valence-electron chi connectivity index (χ2n) is 4.60. The van der Waals surface area contributed by atoms with E-state index in [9.17, 15) is 0 Å². The van der Waals surface area contributed by atoms with E-state index in [2.05, 4.69) is 21.8 Å². The molecule has 0 amide bonds. The number of hydrogen-bond acceptors (Lipinski definition) is 2. The number of nitrogens with one attached hydrogen (secondary N) is 1. The summed E-state index contributed by atoms with van der Waals surface area (Å²) in [4.78, 5) is 9.86. The zero-order valence-electron chi connectivity index (χ0n) is 9.58. The largest absolute Gasteiger partial charge is 0.348 e. The Morgan fingerprint density at radius 2 is 2.20 bits per heavy atom. The summed E-state index contributed by atoms with van der Waals surface area (Å²) in [6.07, 6.45) is 9.15. The second kappa shape index (κ2) is 5.31. The van der Waals surface area contributed by atoms with Crippen LogP contribution in [0.5, 0.6) is 0 Å². The van der Waals surface area contributed by atoms with Crippen molar-refractivity contribution in [2.75, 3.05) is 19.6 Å². The van der Waals surface area contributed by atoms with Gasteiger partial charge in [-0.1, -0.05) is 13.3 Å². The van der Waals surface area contributed by atoms with E-state index < -0.39 is 0 Å². The Hall–Kier alpha value is -0.830. The molecule has 1 aliphatic rings. The van der Waals surface area contributed by atoms with E-state index in [0.29, 0.717) is 5.92 Å². The molecule has 1 fully saturated rings. The Balaban J connectivity index is 1.73. The van der Waals surface area contributed by atoms with E-state index in [1.54, 1.807) is 6.33 Å². The van der Waals surface area contributed by atoms with Crippen LogP contribution in [0.1, 0.15) is 44.2 Å². The second-order valence-corrected chi connectivity index (χ2v) is 4.60. The number of imidazole rings is 1. The third kappa shape index (κ3) is 3.06. The maximum Gasteiger partial charge on any atom is 0.0921 e. The number of aromatic amines is 1. The summed E-state index contributed by atoms with van der Waals surface area (Å²) in [5.74, 6) is 0.606. The molecule has 2 heterocycles. The van der Waals surface area contributed by atoms with Gasteiger partial charge in [-0.25, -0.2) is 4.98 Å². The van der Waals surface area contributed by atoms with E-state index in [0.717, 1.165) is 0 Å². The van der Waals surface area contributed by atoms with Gasteiger partial charge in [-0.05, 0) is 44.8 Å². The van der Waals surface area contributed by atoms with Crippen LogP contribution in [-0.4, -0.2) is 34.5 Å². The fourth-order valence-electron chi connectivity index (χ4n) is 2.25. The summed E-state index contributed by atoms with van der Waals surface area (Å²) in [6.45, 7) is 6.11. The lowest BCUT2D eigenvalue weighted by atomic mass is 10.0. The first-order valence-corrected chi connectivity index (χ1v) is 6.07. The van der Waals surface area contributed by atoms with Crippen LogP contribution in [0.25, 0.3) is 0 Å². The average Bonchev–Trinajstić information content (AvgIpc) is 2.81. The molecule has 0 radical (unpaired) electrons. The van der Waals surface area contributed by atoms with Gasteiger partial charge >= 0.3 is 0 Å². The molecule has 3 nitrogen and oxygen atoms in total. The van der Waals surface area contributed by atoms with E-state index in [-0.39, 0.29) is 0 Å². The summed E-state index contributed by atoms with van der Waals surface area (Å²) in [7, 11) is 0. The third-order valence-electron chi connectivity index (χ3n) is 3.38. The number of piperidine rings is 1. The predicted octanol–water partition coefficient (Wildman–Crippen LogP) is 2.39. The quantitative estimate of drug-likeness (QED) is 0.822. The number of H-pyrrole nitrogens is 1. The van der Waals surface area contributed by atoms with Crippen molar-refractivity contribution in [2.24, 2.45) is 0 Å². The highest BCUT2D eigenvalue weighted by molar-refractivity contribution is 5.01. The van der Waals surface area contributed by atoms with Crippen LogP contribution < -0.4 is 0 Å². The highest BCUT2D eigenvalue weighted by atomic mass is 15.1. The van der Waals surface area contributed by atoms with Crippen molar-refractivity contribution in [3.8, 4) is 0 Å². The van der Waals surface area contributed by atoms with Crippen molar-refractivity contribution in [1.29, 1.82) is 0 Å². The first-order chi connectivity index (χ1) is 7.36. The van der Waals surface area contributed by atoms with Gasteiger partial charge in [0.15, 0.2) is 0 Å².